The first-order chi connectivity index (χ1) is 14.1. The number of amidine groups is 1. The molecule has 0 radical (unpaired) electrons. The van der Waals surface area contributed by atoms with Gasteiger partial charge in [0.05, 0.1) is 0 Å². The quantitative estimate of drug-likeness (QED) is 0.403. The Labute approximate surface area is 169 Å². The molecular weight excluding hydrogens is 366 g/mol. The van der Waals surface area contributed by atoms with E-state index in [0.717, 1.165) is 11.3 Å². The standard InChI is InChI=1S/C23H23N3O3/c1-28-21(23(27)26-15-16-10-12-17(13-11-16)22(24)25)18-6-5-9-20(14-18)29-19-7-3-2-4-8-19/h2-14,21H,15H2,1H3,(H3,24,25)(H,26,27). The molecule has 0 heterocycles. The molecular formula is C23H23N3O3. The molecule has 0 fully saturated rings. The van der Waals surface area contributed by atoms with Crippen LogP contribution in [0.1, 0.15) is 22.8 Å². The molecule has 0 aromatic heterocycles. The number of carbonyl (C=O) groups excluding carboxylic acids is 1. The van der Waals surface area contributed by atoms with Crippen molar-refractivity contribution in [2.24, 2.45) is 5.73 Å². The topological polar surface area (TPSA) is 97.4 Å². The van der Waals surface area contributed by atoms with Crippen molar-refractivity contribution in [3.63, 3.8) is 0 Å². The largest absolute Gasteiger partial charge is 0.457 e. The maximum absolute atomic E-state index is 12.7. The fourth-order valence-corrected chi connectivity index (χ4v) is 2.84. The van der Waals surface area contributed by atoms with E-state index in [1.165, 1.54) is 7.11 Å². The van der Waals surface area contributed by atoms with Crippen LogP contribution in [0.2, 0.25) is 0 Å². The van der Waals surface area contributed by atoms with Crippen molar-refractivity contribution in [1.82, 2.24) is 5.32 Å². The number of para-hydroxylation sites is 1. The van der Waals surface area contributed by atoms with Crippen LogP contribution in [0.3, 0.4) is 0 Å². The zero-order valence-corrected chi connectivity index (χ0v) is 16.1. The van der Waals surface area contributed by atoms with E-state index in [9.17, 15) is 4.79 Å². The fraction of sp³-hybridized carbons (Fsp3) is 0.130. The molecule has 0 aliphatic carbocycles. The van der Waals surface area contributed by atoms with Crippen molar-refractivity contribution in [1.29, 1.82) is 5.41 Å². The summed E-state index contributed by atoms with van der Waals surface area (Å²) in [6.07, 6.45) is -0.759. The summed E-state index contributed by atoms with van der Waals surface area (Å²) >= 11 is 0. The maximum Gasteiger partial charge on any atom is 0.254 e. The molecule has 3 aromatic rings. The van der Waals surface area contributed by atoms with Crippen LogP contribution in [0.25, 0.3) is 0 Å². The molecule has 0 saturated heterocycles. The molecule has 6 heteroatoms. The molecule has 1 amide bonds. The lowest BCUT2D eigenvalue weighted by atomic mass is 10.1. The zero-order valence-electron chi connectivity index (χ0n) is 16.1. The van der Waals surface area contributed by atoms with Crippen molar-refractivity contribution in [2.75, 3.05) is 7.11 Å². The number of amides is 1. The molecule has 1 atom stereocenters. The van der Waals surface area contributed by atoms with Crippen LogP contribution in [0, 0.1) is 5.41 Å². The zero-order chi connectivity index (χ0) is 20.6. The van der Waals surface area contributed by atoms with Crippen molar-refractivity contribution in [3.05, 3.63) is 95.6 Å². The number of ether oxygens (including phenoxy) is 2. The van der Waals surface area contributed by atoms with Gasteiger partial charge in [-0.1, -0.05) is 54.6 Å². The summed E-state index contributed by atoms with van der Waals surface area (Å²) in [5.41, 5.74) is 7.70. The molecule has 1 unspecified atom stereocenters. The SMILES string of the molecule is COC(C(=O)NCc1ccc(C(=N)N)cc1)c1cccc(Oc2ccccc2)c1. The summed E-state index contributed by atoms with van der Waals surface area (Å²) in [5, 5.41) is 10.3. The van der Waals surface area contributed by atoms with Crippen LogP contribution in [0.15, 0.2) is 78.9 Å². The number of benzene rings is 3. The first-order valence-corrected chi connectivity index (χ1v) is 9.13. The number of nitrogens with two attached hydrogens (primary N) is 1. The summed E-state index contributed by atoms with van der Waals surface area (Å²) in [6, 6.07) is 23.9. The van der Waals surface area contributed by atoms with Crippen LogP contribution in [0.5, 0.6) is 11.5 Å². The smallest absolute Gasteiger partial charge is 0.254 e. The van der Waals surface area contributed by atoms with Crippen LogP contribution in [-0.2, 0) is 16.1 Å². The molecule has 3 rings (SSSR count). The van der Waals surface area contributed by atoms with Crippen LogP contribution in [0.4, 0.5) is 0 Å². The van der Waals surface area contributed by atoms with E-state index in [-0.39, 0.29) is 11.7 Å². The Hall–Kier alpha value is -3.64. The van der Waals surface area contributed by atoms with Crippen molar-refractivity contribution < 1.29 is 14.3 Å². The van der Waals surface area contributed by atoms with Gasteiger partial charge >= 0.3 is 0 Å². The van der Waals surface area contributed by atoms with E-state index in [0.29, 0.717) is 23.4 Å². The minimum Gasteiger partial charge on any atom is -0.457 e. The van der Waals surface area contributed by atoms with Crippen molar-refractivity contribution in [2.45, 2.75) is 12.6 Å². The number of rotatable bonds is 8. The van der Waals surface area contributed by atoms with E-state index in [4.69, 9.17) is 20.6 Å². The molecule has 0 aliphatic heterocycles. The van der Waals surface area contributed by atoms with Gasteiger partial charge in [-0.25, -0.2) is 0 Å². The van der Waals surface area contributed by atoms with Crippen LogP contribution >= 0.6 is 0 Å². The van der Waals surface area contributed by atoms with Crippen molar-refractivity contribution >= 4 is 11.7 Å². The van der Waals surface area contributed by atoms with Crippen LogP contribution in [-0.4, -0.2) is 18.9 Å². The number of carbonyl (C=O) groups is 1. The first-order valence-electron chi connectivity index (χ1n) is 9.13. The average molecular weight is 389 g/mol. The van der Waals surface area contributed by atoms with Gasteiger partial charge in [0.15, 0.2) is 6.10 Å². The van der Waals surface area contributed by atoms with Crippen molar-refractivity contribution in [3.8, 4) is 11.5 Å². The Balaban J connectivity index is 1.66. The lowest BCUT2D eigenvalue weighted by molar-refractivity contribution is -0.131. The fourth-order valence-electron chi connectivity index (χ4n) is 2.84. The highest BCUT2D eigenvalue weighted by Gasteiger charge is 2.20. The van der Waals surface area contributed by atoms with E-state index in [1.807, 2.05) is 60.7 Å². The summed E-state index contributed by atoms with van der Waals surface area (Å²) < 4.78 is 11.3. The second-order valence-electron chi connectivity index (χ2n) is 6.43. The molecule has 0 saturated carbocycles. The summed E-state index contributed by atoms with van der Waals surface area (Å²) in [7, 11) is 1.50. The normalized spacial score (nSPS) is 11.5. The average Bonchev–Trinajstić information content (AvgIpc) is 2.74. The number of nitrogens with one attached hydrogen (secondary N) is 2. The second kappa shape index (κ2) is 9.52. The third-order valence-electron chi connectivity index (χ3n) is 4.35. The molecule has 6 nitrogen and oxygen atoms in total. The summed E-state index contributed by atoms with van der Waals surface area (Å²) in [6.45, 7) is 0.344. The lowest BCUT2D eigenvalue weighted by Gasteiger charge is -2.17. The van der Waals surface area contributed by atoms with Crippen LogP contribution < -0.4 is 15.8 Å². The van der Waals surface area contributed by atoms with Gasteiger partial charge in [-0.05, 0) is 35.4 Å². The minimum atomic E-state index is -0.759. The molecule has 29 heavy (non-hydrogen) atoms. The Morgan fingerprint density at radius 3 is 2.34 bits per heavy atom. The number of methoxy groups -OCH3 is 1. The predicted molar refractivity (Wildman–Crippen MR) is 112 cm³/mol. The minimum absolute atomic E-state index is 0.0117. The van der Waals surface area contributed by atoms with Gasteiger partial charge in [-0.15, -0.1) is 0 Å². The predicted octanol–water partition coefficient (Wildman–Crippen LogP) is 3.77. The highest BCUT2D eigenvalue weighted by molar-refractivity contribution is 5.94. The third kappa shape index (κ3) is 5.43. The second-order valence-corrected chi connectivity index (χ2v) is 6.43. The van der Waals surface area contributed by atoms with E-state index in [2.05, 4.69) is 5.32 Å². The number of hydrogen-bond acceptors (Lipinski definition) is 4. The number of hydrogen-bond donors (Lipinski definition) is 3. The van der Waals surface area contributed by atoms with E-state index in [1.54, 1.807) is 18.2 Å². The molecule has 0 aliphatic rings. The third-order valence-corrected chi connectivity index (χ3v) is 4.35. The Kier molecular flexibility index (Phi) is 6.60. The molecule has 0 bridgehead atoms. The maximum atomic E-state index is 12.7. The van der Waals surface area contributed by atoms with E-state index < -0.39 is 6.10 Å². The summed E-state index contributed by atoms with van der Waals surface area (Å²) in [5.74, 6) is 1.11. The molecule has 3 aromatic carbocycles. The van der Waals surface area contributed by atoms with Gasteiger partial charge in [0.25, 0.3) is 5.91 Å². The Bertz CT molecular complexity index is 972. The van der Waals surface area contributed by atoms with E-state index >= 15 is 0 Å². The van der Waals surface area contributed by atoms with Gasteiger partial charge in [0.2, 0.25) is 0 Å². The van der Waals surface area contributed by atoms with Gasteiger partial charge < -0.3 is 20.5 Å². The Morgan fingerprint density at radius 1 is 1.00 bits per heavy atom. The van der Waals surface area contributed by atoms with Gasteiger partial charge in [0, 0.05) is 19.2 Å². The molecule has 148 valence electrons. The van der Waals surface area contributed by atoms with Gasteiger partial charge in [0.1, 0.15) is 17.3 Å². The first kappa shape index (κ1) is 20.1. The summed E-state index contributed by atoms with van der Waals surface area (Å²) in [4.78, 5) is 12.7. The number of nitrogen functional groups attached to an aromatic ring is 1. The highest BCUT2D eigenvalue weighted by atomic mass is 16.5. The van der Waals surface area contributed by atoms with Gasteiger partial charge in [-0.2, -0.15) is 0 Å². The molecule has 4 N–H and O–H groups in total. The molecule has 0 spiro atoms. The highest BCUT2D eigenvalue weighted by Crippen LogP contribution is 2.26. The Morgan fingerprint density at radius 2 is 1.69 bits per heavy atom. The van der Waals surface area contributed by atoms with Gasteiger partial charge in [-0.3, -0.25) is 10.2 Å². The lowest BCUT2D eigenvalue weighted by Crippen LogP contribution is -2.30. The monoisotopic (exact) mass is 389 g/mol.